The van der Waals surface area contributed by atoms with Crippen LogP contribution >= 0.6 is 0 Å². The fourth-order valence-corrected chi connectivity index (χ4v) is 2.85. The van der Waals surface area contributed by atoms with Gasteiger partial charge in [0.05, 0.1) is 18.2 Å². The SMILES string of the molecule is CCCNC(CC1(OC)CCC1)C1=CCCCO1. The van der Waals surface area contributed by atoms with Crippen molar-refractivity contribution in [2.24, 2.45) is 0 Å². The van der Waals surface area contributed by atoms with Gasteiger partial charge in [0.25, 0.3) is 0 Å². The van der Waals surface area contributed by atoms with Gasteiger partial charge in [-0.3, -0.25) is 0 Å². The Morgan fingerprint density at radius 3 is 2.78 bits per heavy atom. The van der Waals surface area contributed by atoms with Crippen LogP contribution in [0.3, 0.4) is 0 Å². The third-order valence-corrected chi connectivity index (χ3v) is 4.22. The zero-order chi connectivity index (χ0) is 12.8. The number of methoxy groups -OCH3 is 1. The largest absolute Gasteiger partial charge is 0.497 e. The molecule has 104 valence electrons. The molecule has 2 rings (SSSR count). The lowest BCUT2D eigenvalue weighted by molar-refractivity contribution is -0.0842. The normalized spacial score (nSPS) is 23.8. The molecule has 1 N–H and O–H groups in total. The monoisotopic (exact) mass is 253 g/mol. The summed E-state index contributed by atoms with van der Waals surface area (Å²) in [6.07, 6.45) is 10.5. The predicted molar refractivity (Wildman–Crippen MR) is 73.6 cm³/mol. The van der Waals surface area contributed by atoms with Crippen LogP contribution in [0.15, 0.2) is 11.8 Å². The minimum absolute atomic E-state index is 0.104. The molecule has 1 atom stereocenters. The first-order chi connectivity index (χ1) is 8.79. The van der Waals surface area contributed by atoms with Gasteiger partial charge in [-0.1, -0.05) is 6.92 Å². The number of allylic oxidation sites excluding steroid dienone is 1. The van der Waals surface area contributed by atoms with Gasteiger partial charge in [0.2, 0.25) is 0 Å². The summed E-state index contributed by atoms with van der Waals surface area (Å²) in [4.78, 5) is 0. The molecule has 0 spiro atoms. The molecule has 0 radical (unpaired) electrons. The molecule has 0 bridgehead atoms. The van der Waals surface area contributed by atoms with E-state index in [9.17, 15) is 0 Å². The average molecular weight is 253 g/mol. The molecule has 18 heavy (non-hydrogen) atoms. The third-order valence-electron chi connectivity index (χ3n) is 4.22. The van der Waals surface area contributed by atoms with Gasteiger partial charge in [-0.2, -0.15) is 0 Å². The van der Waals surface area contributed by atoms with E-state index in [-0.39, 0.29) is 5.60 Å². The second kappa shape index (κ2) is 6.58. The second-order valence-corrected chi connectivity index (χ2v) is 5.55. The first kappa shape index (κ1) is 13.9. The molecule has 0 amide bonds. The zero-order valence-electron chi connectivity index (χ0n) is 11.8. The summed E-state index contributed by atoms with van der Waals surface area (Å²) in [6.45, 7) is 4.12. The van der Waals surface area contributed by atoms with Crippen molar-refractivity contribution < 1.29 is 9.47 Å². The zero-order valence-corrected chi connectivity index (χ0v) is 11.8. The first-order valence-electron chi connectivity index (χ1n) is 7.41. The third kappa shape index (κ3) is 3.27. The Balaban J connectivity index is 1.97. The Morgan fingerprint density at radius 1 is 1.44 bits per heavy atom. The fraction of sp³-hybridized carbons (Fsp3) is 0.867. The maximum Gasteiger partial charge on any atom is 0.109 e. The van der Waals surface area contributed by atoms with Gasteiger partial charge < -0.3 is 14.8 Å². The van der Waals surface area contributed by atoms with E-state index in [0.29, 0.717) is 6.04 Å². The van der Waals surface area contributed by atoms with Gasteiger partial charge in [-0.15, -0.1) is 0 Å². The van der Waals surface area contributed by atoms with E-state index in [1.165, 1.54) is 19.3 Å². The van der Waals surface area contributed by atoms with E-state index in [1.54, 1.807) is 0 Å². The van der Waals surface area contributed by atoms with E-state index in [1.807, 2.05) is 7.11 Å². The van der Waals surface area contributed by atoms with E-state index >= 15 is 0 Å². The molecule has 0 aromatic carbocycles. The van der Waals surface area contributed by atoms with Gasteiger partial charge in [0.15, 0.2) is 0 Å². The molecule has 1 aliphatic heterocycles. The van der Waals surface area contributed by atoms with Crippen molar-refractivity contribution in [2.45, 2.75) is 63.5 Å². The van der Waals surface area contributed by atoms with Crippen LogP contribution in [0.5, 0.6) is 0 Å². The number of hydrogen-bond donors (Lipinski definition) is 1. The Hall–Kier alpha value is -0.540. The molecule has 0 aromatic heterocycles. The quantitative estimate of drug-likeness (QED) is 0.756. The van der Waals surface area contributed by atoms with E-state index < -0.39 is 0 Å². The lowest BCUT2D eigenvalue weighted by atomic mass is 9.75. The average Bonchev–Trinajstić information content (AvgIpc) is 2.38. The lowest BCUT2D eigenvalue weighted by Gasteiger charge is -2.43. The summed E-state index contributed by atoms with van der Waals surface area (Å²) in [5, 5.41) is 3.62. The molecule has 2 aliphatic rings. The van der Waals surface area contributed by atoms with E-state index in [0.717, 1.165) is 44.6 Å². The molecule has 3 heteroatoms. The molecule has 1 saturated carbocycles. The molecular formula is C15H27NO2. The van der Waals surface area contributed by atoms with Crippen LogP contribution in [-0.4, -0.2) is 31.9 Å². The van der Waals surface area contributed by atoms with Crippen molar-refractivity contribution >= 4 is 0 Å². The van der Waals surface area contributed by atoms with Crippen LogP contribution in [0.25, 0.3) is 0 Å². The van der Waals surface area contributed by atoms with Gasteiger partial charge in [0.1, 0.15) is 5.76 Å². The summed E-state index contributed by atoms with van der Waals surface area (Å²) in [7, 11) is 1.85. The topological polar surface area (TPSA) is 30.5 Å². The van der Waals surface area contributed by atoms with Gasteiger partial charge >= 0.3 is 0 Å². The first-order valence-corrected chi connectivity index (χ1v) is 7.41. The standard InChI is InChI=1S/C15H27NO2/c1-3-10-16-13(14-7-4-5-11-18-14)12-15(17-2)8-6-9-15/h7,13,16H,3-6,8-12H2,1-2H3. The molecule has 1 aliphatic carbocycles. The molecule has 1 unspecified atom stereocenters. The highest BCUT2D eigenvalue weighted by atomic mass is 16.5. The molecule has 3 nitrogen and oxygen atoms in total. The molecule has 0 saturated heterocycles. The van der Waals surface area contributed by atoms with Crippen molar-refractivity contribution in [2.75, 3.05) is 20.3 Å². The van der Waals surface area contributed by atoms with Gasteiger partial charge in [-0.25, -0.2) is 0 Å². The summed E-state index contributed by atoms with van der Waals surface area (Å²) >= 11 is 0. The van der Waals surface area contributed by atoms with Crippen LogP contribution < -0.4 is 5.32 Å². The Kier molecular flexibility index (Phi) is 5.07. The van der Waals surface area contributed by atoms with Crippen LogP contribution in [-0.2, 0) is 9.47 Å². The Morgan fingerprint density at radius 2 is 2.28 bits per heavy atom. The van der Waals surface area contributed by atoms with Crippen molar-refractivity contribution in [3.05, 3.63) is 11.8 Å². The van der Waals surface area contributed by atoms with Crippen LogP contribution in [0, 0.1) is 0 Å². The molecule has 0 aromatic rings. The van der Waals surface area contributed by atoms with Gasteiger partial charge in [-0.05, 0) is 57.6 Å². The second-order valence-electron chi connectivity index (χ2n) is 5.55. The van der Waals surface area contributed by atoms with Crippen LogP contribution in [0.1, 0.15) is 51.9 Å². The summed E-state index contributed by atoms with van der Waals surface area (Å²) in [5.41, 5.74) is 0.104. The van der Waals surface area contributed by atoms with Crippen molar-refractivity contribution in [1.82, 2.24) is 5.32 Å². The summed E-state index contributed by atoms with van der Waals surface area (Å²) < 4.78 is 11.6. The molecular weight excluding hydrogens is 226 g/mol. The van der Waals surface area contributed by atoms with Gasteiger partial charge in [0, 0.05) is 7.11 Å². The highest BCUT2D eigenvalue weighted by molar-refractivity contribution is 5.09. The van der Waals surface area contributed by atoms with Crippen molar-refractivity contribution in [1.29, 1.82) is 0 Å². The minimum atomic E-state index is 0.104. The number of ether oxygens (including phenoxy) is 2. The maximum atomic E-state index is 5.84. The van der Waals surface area contributed by atoms with E-state index in [4.69, 9.17) is 9.47 Å². The van der Waals surface area contributed by atoms with Crippen molar-refractivity contribution in [3.8, 4) is 0 Å². The lowest BCUT2D eigenvalue weighted by Crippen LogP contribution is -2.47. The number of nitrogens with one attached hydrogen (secondary N) is 1. The molecule has 1 fully saturated rings. The maximum absolute atomic E-state index is 5.84. The highest BCUT2D eigenvalue weighted by Crippen LogP contribution is 2.40. The Bertz CT molecular complexity index is 279. The number of rotatable bonds is 7. The fourth-order valence-electron chi connectivity index (χ4n) is 2.85. The summed E-state index contributed by atoms with van der Waals surface area (Å²) in [5.74, 6) is 1.15. The van der Waals surface area contributed by atoms with Crippen LogP contribution in [0.4, 0.5) is 0 Å². The van der Waals surface area contributed by atoms with Crippen LogP contribution in [0.2, 0.25) is 0 Å². The number of hydrogen-bond acceptors (Lipinski definition) is 3. The van der Waals surface area contributed by atoms with E-state index in [2.05, 4.69) is 18.3 Å². The molecule has 1 heterocycles. The predicted octanol–water partition coefficient (Wildman–Crippen LogP) is 3.01. The minimum Gasteiger partial charge on any atom is -0.497 e. The smallest absolute Gasteiger partial charge is 0.109 e. The summed E-state index contributed by atoms with van der Waals surface area (Å²) in [6, 6.07) is 0.338. The Labute approximate surface area is 111 Å². The van der Waals surface area contributed by atoms with Crippen molar-refractivity contribution in [3.63, 3.8) is 0 Å². The highest BCUT2D eigenvalue weighted by Gasteiger charge is 2.40.